The van der Waals surface area contributed by atoms with E-state index in [0.717, 1.165) is 11.8 Å². The lowest BCUT2D eigenvalue weighted by atomic mass is 9.96. The van der Waals surface area contributed by atoms with E-state index in [-0.39, 0.29) is 0 Å². The first-order valence-corrected chi connectivity index (χ1v) is 9.08. The molecule has 3 rings (SSSR count). The largest absolute Gasteiger partial charge is 0.348 e. The second-order valence-electron chi connectivity index (χ2n) is 6.36. The monoisotopic (exact) mass is 293 g/mol. The van der Waals surface area contributed by atoms with Crippen molar-refractivity contribution < 1.29 is 0 Å². The van der Waals surface area contributed by atoms with Gasteiger partial charge in [0, 0.05) is 30.4 Å². The summed E-state index contributed by atoms with van der Waals surface area (Å²) in [5.41, 5.74) is 7.22. The molecule has 2 aliphatic rings. The fourth-order valence-corrected chi connectivity index (χ4v) is 4.44. The summed E-state index contributed by atoms with van der Waals surface area (Å²) in [7, 11) is 0. The highest BCUT2D eigenvalue weighted by molar-refractivity contribution is 7.15. The van der Waals surface area contributed by atoms with Gasteiger partial charge in [0.1, 0.15) is 0 Å². The van der Waals surface area contributed by atoms with Crippen LogP contribution in [-0.4, -0.2) is 18.1 Å². The minimum atomic E-state index is 0.662. The van der Waals surface area contributed by atoms with Crippen LogP contribution in [0.15, 0.2) is 0 Å². The Kier molecular flexibility index (Phi) is 4.61. The third-order valence-corrected chi connectivity index (χ3v) is 5.84. The Hall–Kier alpha value is -0.610. The van der Waals surface area contributed by atoms with E-state index in [9.17, 15) is 0 Å². The number of nitrogens with zero attached hydrogens (tertiary/aromatic N) is 2. The van der Waals surface area contributed by atoms with Gasteiger partial charge in [0.25, 0.3) is 0 Å². The summed E-state index contributed by atoms with van der Waals surface area (Å²) in [4.78, 5) is 8.79. The number of rotatable bonds is 5. The molecule has 0 bridgehead atoms. The van der Waals surface area contributed by atoms with Crippen LogP contribution in [-0.2, 0) is 6.54 Å². The Morgan fingerprint density at radius 2 is 2.10 bits per heavy atom. The highest BCUT2D eigenvalue weighted by Gasteiger charge is 2.30. The van der Waals surface area contributed by atoms with E-state index in [2.05, 4.69) is 11.8 Å². The number of thiazole rings is 1. The van der Waals surface area contributed by atoms with Crippen LogP contribution in [0.5, 0.6) is 0 Å². The van der Waals surface area contributed by atoms with Crippen molar-refractivity contribution in [3.8, 4) is 0 Å². The fourth-order valence-electron chi connectivity index (χ4n) is 3.36. The minimum absolute atomic E-state index is 0.662. The summed E-state index contributed by atoms with van der Waals surface area (Å²) < 4.78 is 0. The Balaban J connectivity index is 1.69. The van der Waals surface area contributed by atoms with Crippen molar-refractivity contribution in [2.45, 2.75) is 64.3 Å². The first-order valence-electron chi connectivity index (χ1n) is 8.26. The Morgan fingerprint density at radius 1 is 1.25 bits per heavy atom. The molecule has 112 valence electrons. The number of hydrogen-bond acceptors (Lipinski definition) is 4. The normalized spacial score (nSPS) is 23.9. The van der Waals surface area contributed by atoms with E-state index in [1.807, 2.05) is 11.3 Å². The van der Waals surface area contributed by atoms with E-state index in [0.29, 0.717) is 6.54 Å². The molecule has 1 unspecified atom stereocenters. The SMILES string of the molecule is CCCC1CCCN(c2nc(C3CC3)c(CN)s2)CC1. The second kappa shape index (κ2) is 6.44. The summed E-state index contributed by atoms with van der Waals surface area (Å²) in [5.74, 6) is 1.65. The Morgan fingerprint density at radius 3 is 2.80 bits per heavy atom. The molecule has 0 radical (unpaired) electrons. The zero-order chi connectivity index (χ0) is 13.9. The smallest absolute Gasteiger partial charge is 0.185 e. The van der Waals surface area contributed by atoms with Crippen molar-refractivity contribution in [1.82, 2.24) is 4.98 Å². The zero-order valence-corrected chi connectivity index (χ0v) is 13.4. The molecule has 2 fully saturated rings. The first kappa shape index (κ1) is 14.3. The summed E-state index contributed by atoms with van der Waals surface area (Å²) in [5, 5.41) is 1.24. The molecule has 3 nitrogen and oxygen atoms in total. The van der Waals surface area contributed by atoms with Crippen molar-refractivity contribution in [2.24, 2.45) is 11.7 Å². The van der Waals surface area contributed by atoms with Gasteiger partial charge in [-0.05, 0) is 38.0 Å². The van der Waals surface area contributed by atoms with Gasteiger partial charge in [0.2, 0.25) is 0 Å². The van der Waals surface area contributed by atoms with E-state index in [1.54, 1.807) is 0 Å². The molecule has 2 N–H and O–H groups in total. The number of nitrogens with two attached hydrogens (primary N) is 1. The summed E-state index contributed by atoms with van der Waals surface area (Å²) >= 11 is 1.85. The molecule has 4 heteroatoms. The predicted octanol–water partition coefficient (Wildman–Crippen LogP) is 3.89. The van der Waals surface area contributed by atoms with Gasteiger partial charge in [-0.25, -0.2) is 4.98 Å². The van der Waals surface area contributed by atoms with Crippen molar-refractivity contribution in [1.29, 1.82) is 0 Å². The van der Waals surface area contributed by atoms with E-state index in [1.165, 1.54) is 73.7 Å². The summed E-state index contributed by atoms with van der Waals surface area (Å²) in [6.45, 7) is 5.34. The maximum Gasteiger partial charge on any atom is 0.185 e. The molecule has 1 saturated carbocycles. The molecule has 1 atom stereocenters. The van der Waals surface area contributed by atoms with E-state index < -0.39 is 0 Å². The lowest BCUT2D eigenvalue weighted by molar-refractivity contribution is 0.435. The number of hydrogen-bond donors (Lipinski definition) is 1. The average Bonchev–Trinajstić information content (AvgIpc) is 3.25. The standard InChI is InChI=1S/C16H27N3S/c1-2-4-12-5-3-9-19(10-8-12)16-18-15(13-6-7-13)14(11-17)20-16/h12-13H,2-11,17H2,1H3. The van der Waals surface area contributed by atoms with Gasteiger partial charge in [0.15, 0.2) is 5.13 Å². The molecule has 0 amide bonds. The van der Waals surface area contributed by atoms with Crippen molar-refractivity contribution in [3.05, 3.63) is 10.6 Å². The van der Waals surface area contributed by atoms with Crippen LogP contribution < -0.4 is 10.6 Å². The molecule has 1 aliphatic carbocycles. The van der Waals surface area contributed by atoms with E-state index in [4.69, 9.17) is 10.7 Å². The number of aromatic nitrogens is 1. The Labute approximate surface area is 126 Å². The molecule has 0 spiro atoms. The van der Waals surface area contributed by atoms with Crippen LogP contribution >= 0.6 is 11.3 Å². The Bertz CT molecular complexity index is 439. The van der Waals surface area contributed by atoms with Crippen LogP contribution in [0.4, 0.5) is 5.13 Å². The van der Waals surface area contributed by atoms with Crippen LogP contribution in [0.2, 0.25) is 0 Å². The summed E-state index contributed by atoms with van der Waals surface area (Å²) in [6, 6.07) is 0. The maximum absolute atomic E-state index is 5.90. The first-order chi connectivity index (χ1) is 9.81. The molecule has 1 aromatic heterocycles. The third-order valence-electron chi connectivity index (χ3n) is 4.68. The fraction of sp³-hybridized carbons (Fsp3) is 0.812. The molecule has 2 heterocycles. The lowest BCUT2D eigenvalue weighted by Gasteiger charge is -2.19. The van der Waals surface area contributed by atoms with Crippen LogP contribution in [0.3, 0.4) is 0 Å². The molecule has 1 saturated heterocycles. The van der Waals surface area contributed by atoms with Crippen LogP contribution in [0.25, 0.3) is 0 Å². The van der Waals surface area contributed by atoms with E-state index >= 15 is 0 Å². The van der Waals surface area contributed by atoms with Crippen molar-refractivity contribution in [3.63, 3.8) is 0 Å². The van der Waals surface area contributed by atoms with Crippen molar-refractivity contribution >= 4 is 16.5 Å². The van der Waals surface area contributed by atoms with Gasteiger partial charge in [0.05, 0.1) is 5.69 Å². The topological polar surface area (TPSA) is 42.2 Å². The highest BCUT2D eigenvalue weighted by Crippen LogP contribution is 2.44. The zero-order valence-electron chi connectivity index (χ0n) is 12.6. The van der Waals surface area contributed by atoms with Gasteiger partial charge < -0.3 is 10.6 Å². The van der Waals surface area contributed by atoms with Gasteiger partial charge in [-0.3, -0.25) is 0 Å². The molecule has 0 aromatic carbocycles. The molecular weight excluding hydrogens is 266 g/mol. The summed E-state index contributed by atoms with van der Waals surface area (Å²) in [6.07, 6.45) is 9.40. The lowest BCUT2D eigenvalue weighted by Crippen LogP contribution is -2.24. The second-order valence-corrected chi connectivity index (χ2v) is 7.42. The van der Waals surface area contributed by atoms with Gasteiger partial charge >= 0.3 is 0 Å². The quantitative estimate of drug-likeness (QED) is 0.895. The van der Waals surface area contributed by atoms with Crippen molar-refractivity contribution in [2.75, 3.05) is 18.0 Å². The van der Waals surface area contributed by atoms with Crippen LogP contribution in [0, 0.1) is 5.92 Å². The van der Waals surface area contributed by atoms with Gasteiger partial charge in [-0.2, -0.15) is 0 Å². The predicted molar refractivity (Wildman–Crippen MR) is 86.4 cm³/mol. The molecular formula is C16H27N3S. The minimum Gasteiger partial charge on any atom is -0.348 e. The van der Waals surface area contributed by atoms with Crippen LogP contribution in [0.1, 0.15) is 68.4 Å². The molecule has 20 heavy (non-hydrogen) atoms. The van der Waals surface area contributed by atoms with Gasteiger partial charge in [-0.15, -0.1) is 11.3 Å². The highest BCUT2D eigenvalue weighted by atomic mass is 32.1. The third kappa shape index (κ3) is 3.17. The number of anilines is 1. The average molecular weight is 293 g/mol. The van der Waals surface area contributed by atoms with Gasteiger partial charge in [-0.1, -0.05) is 19.8 Å². The molecule has 1 aliphatic heterocycles. The maximum atomic E-state index is 5.90. The molecule has 1 aromatic rings.